The first-order valence-electron chi connectivity index (χ1n) is 8.36. The van der Waals surface area contributed by atoms with Gasteiger partial charge < -0.3 is 4.55 Å². The van der Waals surface area contributed by atoms with Crippen LogP contribution in [0.3, 0.4) is 0 Å². The van der Waals surface area contributed by atoms with E-state index < -0.39 is 10.4 Å². The van der Waals surface area contributed by atoms with Crippen LogP contribution in [-0.4, -0.2) is 34.5 Å². The molecule has 0 radical (unpaired) electrons. The minimum Gasteiger partial charge on any atom is 1.00 e. The van der Waals surface area contributed by atoms with Crippen molar-refractivity contribution < 1.29 is 46.7 Å². The van der Waals surface area contributed by atoms with E-state index in [0.29, 0.717) is 21.4 Å². The molecular formula is C17H27NaO4SSe. The average Bonchev–Trinajstić information content (AvgIpc) is 2.52. The van der Waals surface area contributed by atoms with E-state index in [9.17, 15) is 13.0 Å². The maximum absolute atomic E-state index is 10.2. The van der Waals surface area contributed by atoms with Gasteiger partial charge in [0.2, 0.25) is 10.4 Å². The van der Waals surface area contributed by atoms with Crippen molar-refractivity contribution in [1.82, 2.24) is 0 Å². The van der Waals surface area contributed by atoms with Crippen LogP contribution in [0.25, 0.3) is 0 Å². The van der Waals surface area contributed by atoms with Crippen LogP contribution >= 0.6 is 0 Å². The zero-order valence-corrected chi connectivity index (χ0v) is 19.1. The summed E-state index contributed by atoms with van der Waals surface area (Å²) in [5, 5.41) is 1.33. The van der Waals surface area contributed by atoms with Gasteiger partial charge in [-0.25, -0.2) is 8.42 Å². The number of rotatable bonds is 14. The Kier molecular flexibility index (Phi) is 16.2. The van der Waals surface area contributed by atoms with Crippen LogP contribution in [0.1, 0.15) is 57.8 Å². The van der Waals surface area contributed by atoms with E-state index in [1.165, 1.54) is 48.3 Å². The Balaban J connectivity index is 0.00000529. The van der Waals surface area contributed by atoms with Gasteiger partial charge >= 0.3 is 153 Å². The zero-order chi connectivity index (χ0) is 16.8. The molecule has 132 valence electrons. The SMILES string of the molecule is O=S(=O)([O-])OCCCCCCCCCCC[Se]c1ccccc1.[Na+]. The number of benzene rings is 1. The van der Waals surface area contributed by atoms with Gasteiger partial charge in [-0.2, -0.15) is 0 Å². The summed E-state index contributed by atoms with van der Waals surface area (Å²) < 4.78 is 36.3. The molecule has 24 heavy (non-hydrogen) atoms. The minimum absolute atomic E-state index is 0. The van der Waals surface area contributed by atoms with Crippen molar-refractivity contribution in [2.45, 2.75) is 63.1 Å². The molecule has 1 rings (SSSR count). The van der Waals surface area contributed by atoms with E-state index in [2.05, 4.69) is 34.5 Å². The predicted molar refractivity (Wildman–Crippen MR) is 93.8 cm³/mol. The molecule has 0 saturated carbocycles. The topological polar surface area (TPSA) is 66.4 Å². The van der Waals surface area contributed by atoms with Gasteiger partial charge in [-0.05, 0) is 0 Å². The second-order valence-corrected chi connectivity index (χ2v) is 9.08. The van der Waals surface area contributed by atoms with Crippen LogP contribution in [0.4, 0.5) is 0 Å². The van der Waals surface area contributed by atoms with Crippen LogP contribution in [-0.2, 0) is 14.6 Å². The van der Waals surface area contributed by atoms with Crippen LogP contribution < -0.4 is 34.0 Å². The van der Waals surface area contributed by atoms with E-state index in [1.807, 2.05) is 0 Å². The third-order valence-electron chi connectivity index (χ3n) is 3.53. The number of hydrogen-bond acceptors (Lipinski definition) is 4. The predicted octanol–water partition coefficient (Wildman–Crippen LogP) is 0.426. The van der Waals surface area contributed by atoms with E-state index >= 15 is 0 Å². The molecule has 0 unspecified atom stereocenters. The summed E-state index contributed by atoms with van der Waals surface area (Å²) in [5.74, 6) is 0. The van der Waals surface area contributed by atoms with Crippen molar-refractivity contribution in [2.24, 2.45) is 0 Å². The van der Waals surface area contributed by atoms with Gasteiger partial charge in [-0.15, -0.1) is 0 Å². The summed E-state index contributed by atoms with van der Waals surface area (Å²) in [7, 11) is -4.50. The number of hydrogen-bond donors (Lipinski definition) is 0. The smallest absolute Gasteiger partial charge is 1.00 e. The zero-order valence-electron chi connectivity index (χ0n) is 14.6. The molecule has 0 aliphatic rings. The summed E-state index contributed by atoms with van der Waals surface area (Å²) in [6.45, 7) is 0.0228. The molecule has 1 aromatic carbocycles. The van der Waals surface area contributed by atoms with Gasteiger partial charge in [0.05, 0.1) is 0 Å². The fourth-order valence-electron chi connectivity index (χ4n) is 2.31. The van der Waals surface area contributed by atoms with Gasteiger partial charge in [0.15, 0.2) is 0 Å². The van der Waals surface area contributed by atoms with Crippen molar-refractivity contribution in [3.05, 3.63) is 30.3 Å². The van der Waals surface area contributed by atoms with Gasteiger partial charge in [0, 0.05) is 0 Å². The van der Waals surface area contributed by atoms with Crippen molar-refractivity contribution in [1.29, 1.82) is 0 Å². The third kappa shape index (κ3) is 16.1. The first kappa shape index (κ1) is 24.6. The molecule has 0 heterocycles. The maximum atomic E-state index is 10.2. The molecule has 0 N–H and O–H groups in total. The molecule has 0 atom stereocenters. The summed E-state index contributed by atoms with van der Waals surface area (Å²) in [4.78, 5) is 0. The molecule has 0 aromatic heterocycles. The Morgan fingerprint density at radius 3 is 1.88 bits per heavy atom. The Bertz CT molecular complexity index is 497. The van der Waals surface area contributed by atoms with Crippen molar-refractivity contribution >= 4 is 29.8 Å². The third-order valence-corrected chi connectivity index (χ3v) is 6.29. The largest absolute Gasteiger partial charge is 1.00 e. The average molecular weight is 429 g/mol. The van der Waals surface area contributed by atoms with E-state index in [-0.39, 0.29) is 36.2 Å². The monoisotopic (exact) mass is 430 g/mol. The van der Waals surface area contributed by atoms with Gasteiger partial charge in [-0.1, -0.05) is 0 Å². The molecule has 0 bridgehead atoms. The van der Waals surface area contributed by atoms with E-state index in [0.717, 1.165) is 12.8 Å². The Morgan fingerprint density at radius 2 is 1.33 bits per heavy atom. The molecule has 7 heteroatoms. The fourth-order valence-corrected chi connectivity index (χ4v) is 4.59. The summed E-state index contributed by atoms with van der Waals surface area (Å²) >= 11 is 0.626. The Hall–Kier alpha value is 0.609. The molecule has 0 amide bonds. The quantitative estimate of drug-likeness (QED) is 0.186. The van der Waals surface area contributed by atoms with Gasteiger partial charge in [0.1, 0.15) is 0 Å². The minimum atomic E-state index is -4.50. The molecule has 0 spiro atoms. The molecule has 0 aliphatic carbocycles. The second kappa shape index (κ2) is 15.8. The van der Waals surface area contributed by atoms with Crippen LogP contribution in [0.2, 0.25) is 5.32 Å². The van der Waals surface area contributed by atoms with E-state index in [1.54, 1.807) is 0 Å². The molecule has 0 fully saturated rings. The first-order chi connectivity index (χ1) is 11.1. The Labute approximate surface area is 175 Å². The standard InChI is InChI=1S/C17H28O4SSe.Na/c18-22(19,20)21-15-11-6-4-2-1-3-5-7-12-16-23-17-13-9-8-10-14-17;/h8-10,13-14H,1-7,11-12,15-16H2,(H,18,19,20);/q;+1/p-1. The normalized spacial score (nSPS) is 11.2. The maximum Gasteiger partial charge on any atom is 1.00 e. The van der Waals surface area contributed by atoms with Crippen LogP contribution in [0.5, 0.6) is 0 Å². The molecule has 0 aliphatic heterocycles. The summed E-state index contributed by atoms with van der Waals surface area (Å²) in [5.41, 5.74) is 0. The fraction of sp³-hybridized carbons (Fsp3) is 0.647. The van der Waals surface area contributed by atoms with Crippen molar-refractivity contribution in [3.63, 3.8) is 0 Å². The van der Waals surface area contributed by atoms with Crippen molar-refractivity contribution in [2.75, 3.05) is 6.61 Å². The first-order valence-corrected chi connectivity index (χ1v) is 11.8. The van der Waals surface area contributed by atoms with Crippen molar-refractivity contribution in [3.8, 4) is 0 Å². The van der Waals surface area contributed by atoms with Crippen LogP contribution in [0, 0.1) is 0 Å². The van der Waals surface area contributed by atoms with E-state index in [4.69, 9.17) is 0 Å². The molecule has 4 nitrogen and oxygen atoms in total. The second-order valence-electron chi connectivity index (χ2n) is 5.57. The summed E-state index contributed by atoms with van der Waals surface area (Å²) in [6, 6.07) is 10.7. The van der Waals surface area contributed by atoms with Gasteiger partial charge in [-0.3, -0.25) is 0 Å². The Morgan fingerprint density at radius 1 is 0.833 bits per heavy atom. The van der Waals surface area contributed by atoms with Crippen LogP contribution in [0.15, 0.2) is 30.3 Å². The molecule has 0 saturated heterocycles. The van der Waals surface area contributed by atoms with Gasteiger partial charge in [0.25, 0.3) is 0 Å². The molecular weight excluding hydrogens is 402 g/mol. The molecule has 1 aromatic rings. The number of unbranched alkanes of at least 4 members (excludes halogenated alkanes) is 8. The summed E-state index contributed by atoms with van der Waals surface area (Å²) in [6.07, 6.45) is 10.3.